The van der Waals surface area contributed by atoms with Crippen molar-refractivity contribution in [2.75, 3.05) is 36.5 Å². The number of fused-ring (bicyclic) bond motifs is 1. The highest BCUT2D eigenvalue weighted by Crippen LogP contribution is 2.24. The molecule has 0 saturated carbocycles. The first-order valence-corrected chi connectivity index (χ1v) is 11.0. The van der Waals surface area contributed by atoms with Crippen molar-refractivity contribution in [1.82, 2.24) is 14.5 Å². The Morgan fingerprint density at radius 1 is 1.00 bits per heavy atom. The molecule has 1 N–H and O–H groups in total. The molecule has 31 heavy (non-hydrogen) atoms. The first-order valence-electron chi connectivity index (χ1n) is 11.0. The van der Waals surface area contributed by atoms with Gasteiger partial charge in [-0.3, -0.25) is 9.36 Å². The van der Waals surface area contributed by atoms with Crippen LogP contribution < -0.4 is 15.8 Å². The van der Waals surface area contributed by atoms with Gasteiger partial charge in [-0.05, 0) is 43.5 Å². The highest BCUT2D eigenvalue weighted by atomic mass is 16.5. The molecule has 0 unspecified atom stereocenters. The molecule has 0 spiro atoms. The third-order valence-electron chi connectivity index (χ3n) is 6.15. The predicted octanol–water partition coefficient (Wildman–Crippen LogP) is 4.02. The van der Waals surface area contributed by atoms with E-state index in [2.05, 4.69) is 67.2 Å². The number of ether oxygens (including phenoxy) is 1. The van der Waals surface area contributed by atoms with Crippen molar-refractivity contribution in [3.8, 4) is 0 Å². The number of morpholine rings is 1. The topological polar surface area (TPSA) is 72.3 Å². The molecule has 164 valence electrons. The Kier molecular flexibility index (Phi) is 6.23. The molecule has 0 aliphatic carbocycles. The molecule has 7 heteroatoms. The molecule has 2 aromatic heterocycles. The fourth-order valence-electron chi connectivity index (χ4n) is 3.87. The van der Waals surface area contributed by atoms with E-state index in [-0.39, 0.29) is 17.6 Å². The van der Waals surface area contributed by atoms with Crippen LogP contribution in [0.25, 0.3) is 11.0 Å². The number of hydrogen-bond donors (Lipinski definition) is 1. The average molecular weight is 422 g/mol. The SMILES string of the molecule is CC(C)[C@H](C)n1c(=O)ccc2cnc(N[C@@H](C)c3ccc(N4CCOCC4)cc3)nc21. The van der Waals surface area contributed by atoms with E-state index in [0.717, 1.165) is 37.3 Å². The minimum absolute atomic E-state index is 0.0302. The van der Waals surface area contributed by atoms with E-state index in [4.69, 9.17) is 9.72 Å². The molecule has 7 nitrogen and oxygen atoms in total. The smallest absolute Gasteiger partial charge is 0.252 e. The zero-order valence-corrected chi connectivity index (χ0v) is 18.7. The summed E-state index contributed by atoms with van der Waals surface area (Å²) in [4.78, 5) is 24.1. The molecule has 1 aliphatic rings. The van der Waals surface area contributed by atoms with Crippen LogP contribution in [0, 0.1) is 5.92 Å². The zero-order chi connectivity index (χ0) is 22.0. The van der Waals surface area contributed by atoms with Gasteiger partial charge in [-0.15, -0.1) is 0 Å². The van der Waals surface area contributed by atoms with Crippen LogP contribution in [0.4, 0.5) is 11.6 Å². The summed E-state index contributed by atoms with van der Waals surface area (Å²) >= 11 is 0. The molecular formula is C24H31N5O2. The normalized spacial score (nSPS) is 16.5. The first-order chi connectivity index (χ1) is 14.9. The summed E-state index contributed by atoms with van der Waals surface area (Å²) in [5, 5.41) is 4.25. The summed E-state index contributed by atoms with van der Waals surface area (Å²) < 4.78 is 7.21. The lowest BCUT2D eigenvalue weighted by Crippen LogP contribution is -2.36. The maximum atomic E-state index is 12.6. The van der Waals surface area contributed by atoms with Crippen LogP contribution in [-0.2, 0) is 4.74 Å². The third kappa shape index (κ3) is 4.56. The van der Waals surface area contributed by atoms with Crippen molar-refractivity contribution in [2.24, 2.45) is 5.92 Å². The Morgan fingerprint density at radius 2 is 1.71 bits per heavy atom. The Balaban J connectivity index is 1.56. The van der Waals surface area contributed by atoms with Gasteiger partial charge in [0, 0.05) is 42.5 Å². The molecule has 0 bridgehead atoms. The van der Waals surface area contributed by atoms with E-state index in [0.29, 0.717) is 17.5 Å². The molecule has 3 aromatic rings. The Bertz CT molecular complexity index is 1090. The van der Waals surface area contributed by atoms with Gasteiger partial charge in [-0.2, -0.15) is 4.98 Å². The van der Waals surface area contributed by atoms with Crippen LogP contribution >= 0.6 is 0 Å². The summed E-state index contributed by atoms with van der Waals surface area (Å²) in [7, 11) is 0. The highest BCUT2D eigenvalue weighted by Gasteiger charge is 2.17. The largest absolute Gasteiger partial charge is 0.378 e. The number of benzene rings is 1. The number of nitrogens with zero attached hydrogens (tertiary/aromatic N) is 4. The number of hydrogen-bond acceptors (Lipinski definition) is 6. The maximum Gasteiger partial charge on any atom is 0.252 e. The van der Waals surface area contributed by atoms with Crippen molar-refractivity contribution in [3.63, 3.8) is 0 Å². The van der Waals surface area contributed by atoms with E-state index in [1.54, 1.807) is 22.9 Å². The number of anilines is 2. The lowest BCUT2D eigenvalue weighted by Gasteiger charge is -2.29. The zero-order valence-electron chi connectivity index (χ0n) is 18.7. The third-order valence-corrected chi connectivity index (χ3v) is 6.15. The van der Waals surface area contributed by atoms with Crippen molar-refractivity contribution >= 4 is 22.7 Å². The van der Waals surface area contributed by atoms with Crippen molar-refractivity contribution in [2.45, 2.75) is 39.8 Å². The molecule has 0 radical (unpaired) electrons. The summed E-state index contributed by atoms with van der Waals surface area (Å²) in [6, 6.07) is 12.0. The van der Waals surface area contributed by atoms with Gasteiger partial charge < -0.3 is 15.0 Å². The van der Waals surface area contributed by atoms with E-state index >= 15 is 0 Å². The van der Waals surface area contributed by atoms with Crippen LogP contribution in [0.5, 0.6) is 0 Å². The van der Waals surface area contributed by atoms with Gasteiger partial charge in [0.2, 0.25) is 5.95 Å². The van der Waals surface area contributed by atoms with Crippen LogP contribution in [0.2, 0.25) is 0 Å². The van der Waals surface area contributed by atoms with Crippen LogP contribution in [-0.4, -0.2) is 40.8 Å². The van der Waals surface area contributed by atoms with Crippen molar-refractivity contribution in [1.29, 1.82) is 0 Å². The van der Waals surface area contributed by atoms with Crippen LogP contribution in [0.15, 0.2) is 47.4 Å². The monoisotopic (exact) mass is 421 g/mol. The van der Waals surface area contributed by atoms with E-state index < -0.39 is 0 Å². The summed E-state index contributed by atoms with van der Waals surface area (Å²) in [5.41, 5.74) is 3.00. The lowest BCUT2D eigenvalue weighted by molar-refractivity contribution is 0.122. The Morgan fingerprint density at radius 3 is 2.39 bits per heavy atom. The molecule has 1 aliphatic heterocycles. The summed E-state index contributed by atoms with van der Waals surface area (Å²) in [5.74, 6) is 0.839. The molecular weight excluding hydrogens is 390 g/mol. The van der Waals surface area contributed by atoms with Crippen LogP contribution in [0.3, 0.4) is 0 Å². The second-order valence-corrected chi connectivity index (χ2v) is 8.56. The number of nitrogens with one attached hydrogen (secondary N) is 1. The predicted molar refractivity (Wildman–Crippen MR) is 125 cm³/mol. The maximum absolute atomic E-state index is 12.6. The highest BCUT2D eigenvalue weighted by molar-refractivity contribution is 5.75. The van der Waals surface area contributed by atoms with Crippen molar-refractivity contribution in [3.05, 3.63) is 58.5 Å². The van der Waals surface area contributed by atoms with Gasteiger partial charge >= 0.3 is 0 Å². The molecule has 3 heterocycles. The fourth-order valence-corrected chi connectivity index (χ4v) is 3.87. The van der Waals surface area contributed by atoms with Gasteiger partial charge in [0.05, 0.1) is 19.3 Å². The molecule has 1 aromatic carbocycles. The number of aromatic nitrogens is 3. The summed E-state index contributed by atoms with van der Waals surface area (Å²) in [6.45, 7) is 11.8. The van der Waals surface area contributed by atoms with Gasteiger partial charge in [0.1, 0.15) is 5.65 Å². The van der Waals surface area contributed by atoms with Gasteiger partial charge in [0.15, 0.2) is 0 Å². The molecule has 1 saturated heterocycles. The van der Waals surface area contributed by atoms with E-state index in [1.807, 2.05) is 0 Å². The molecule has 1 fully saturated rings. The van der Waals surface area contributed by atoms with E-state index in [1.165, 1.54) is 5.69 Å². The van der Waals surface area contributed by atoms with Crippen molar-refractivity contribution < 1.29 is 4.74 Å². The number of rotatable bonds is 6. The second-order valence-electron chi connectivity index (χ2n) is 8.56. The van der Waals surface area contributed by atoms with Crippen LogP contribution in [0.1, 0.15) is 45.3 Å². The first kappa shape index (κ1) is 21.3. The molecule has 2 atom stereocenters. The Labute approximate surface area is 183 Å². The minimum atomic E-state index is -0.0369. The Hall–Kier alpha value is -2.93. The molecule has 4 rings (SSSR count). The lowest BCUT2D eigenvalue weighted by atomic mass is 10.1. The average Bonchev–Trinajstić information content (AvgIpc) is 2.79. The van der Waals surface area contributed by atoms with E-state index in [9.17, 15) is 4.79 Å². The second kappa shape index (κ2) is 9.06. The standard InChI is InChI=1S/C24H31N5O2/c1-16(2)18(4)29-22(30)10-7-20-15-25-24(27-23(20)29)26-17(3)19-5-8-21(9-6-19)28-11-13-31-14-12-28/h5-10,15-18H,11-14H2,1-4H3,(H,25,26,27)/t17-,18-/m0/s1. The van der Waals surface area contributed by atoms with Gasteiger partial charge in [-0.1, -0.05) is 26.0 Å². The molecule has 0 amide bonds. The van der Waals surface area contributed by atoms with Gasteiger partial charge in [-0.25, -0.2) is 4.98 Å². The fraction of sp³-hybridized carbons (Fsp3) is 0.458. The minimum Gasteiger partial charge on any atom is -0.378 e. The number of pyridine rings is 1. The quantitative estimate of drug-likeness (QED) is 0.648. The van der Waals surface area contributed by atoms with Gasteiger partial charge in [0.25, 0.3) is 5.56 Å². The summed E-state index contributed by atoms with van der Waals surface area (Å²) in [6.07, 6.45) is 1.78.